The van der Waals surface area contributed by atoms with Crippen molar-refractivity contribution < 1.29 is 9.64 Å². The Morgan fingerprint density at radius 1 is 1.24 bits per heavy atom. The van der Waals surface area contributed by atoms with E-state index in [1.165, 1.54) is 6.54 Å². The van der Waals surface area contributed by atoms with Crippen LogP contribution < -0.4 is 15.1 Å². The summed E-state index contributed by atoms with van der Waals surface area (Å²) in [6.45, 7) is 9.50. The van der Waals surface area contributed by atoms with Gasteiger partial charge in [-0.25, -0.2) is 4.98 Å². The Bertz CT molecular complexity index is 708. The van der Waals surface area contributed by atoms with Gasteiger partial charge >= 0.3 is 0 Å². The summed E-state index contributed by atoms with van der Waals surface area (Å²) in [6.07, 6.45) is 2.59. The Morgan fingerprint density at radius 3 is 2.84 bits per heavy atom. The second-order valence-corrected chi connectivity index (χ2v) is 7.00. The second-order valence-electron chi connectivity index (χ2n) is 7.00. The minimum atomic E-state index is 0.300. The van der Waals surface area contributed by atoms with Gasteiger partial charge in [-0.05, 0) is 31.9 Å². The Labute approximate surface area is 149 Å². The van der Waals surface area contributed by atoms with Crippen molar-refractivity contribution in [2.45, 2.75) is 25.9 Å². The highest BCUT2D eigenvalue weighted by Gasteiger charge is 2.22. The summed E-state index contributed by atoms with van der Waals surface area (Å²) in [7, 11) is 0. The second kappa shape index (κ2) is 7.54. The third kappa shape index (κ3) is 3.70. The van der Waals surface area contributed by atoms with E-state index in [1.807, 2.05) is 12.1 Å². The summed E-state index contributed by atoms with van der Waals surface area (Å²) in [5.74, 6) is 1.78. The summed E-state index contributed by atoms with van der Waals surface area (Å²) < 4.78 is 5.74. The number of para-hydroxylation sites is 1. The molecule has 2 aliphatic rings. The number of hydrogen-bond donors (Lipinski definition) is 2. The van der Waals surface area contributed by atoms with Crippen LogP contribution in [0.2, 0.25) is 0 Å². The zero-order chi connectivity index (χ0) is 17.1. The molecule has 1 aromatic carbocycles. The fourth-order valence-electron chi connectivity index (χ4n) is 3.73. The lowest BCUT2D eigenvalue weighted by atomic mass is 10.2. The molecular formula is C19H28N5O+. The zero-order valence-electron chi connectivity index (χ0n) is 15.0. The van der Waals surface area contributed by atoms with Crippen LogP contribution in [0.25, 0.3) is 10.9 Å². The van der Waals surface area contributed by atoms with E-state index in [1.54, 1.807) is 4.90 Å². The van der Waals surface area contributed by atoms with Gasteiger partial charge in [-0.1, -0.05) is 12.1 Å². The van der Waals surface area contributed by atoms with Gasteiger partial charge in [0.15, 0.2) is 0 Å². The van der Waals surface area contributed by atoms with Crippen molar-refractivity contribution >= 4 is 22.7 Å². The van der Waals surface area contributed by atoms with Gasteiger partial charge in [0.2, 0.25) is 5.95 Å². The molecule has 2 N–H and O–H groups in total. The molecule has 1 aromatic heterocycles. The van der Waals surface area contributed by atoms with Crippen molar-refractivity contribution in [1.82, 2.24) is 9.97 Å². The maximum atomic E-state index is 5.74. The molecule has 6 nitrogen and oxygen atoms in total. The van der Waals surface area contributed by atoms with Crippen LogP contribution in [0.15, 0.2) is 24.3 Å². The van der Waals surface area contributed by atoms with Crippen LogP contribution in [0.1, 0.15) is 19.8 Å². The van der Waals surface area contributed by atoms with Crippen LogP contribution in [0.4, 0.5) is 11.8 Å². The topological polar surface area (TPSA) is 54.7 Å². The fraction of sp³-hybridized carbons (Fsp3) is 0.579. The molecule has 4 rings (SSSR count). The number of piperazine rings is 1. The number of nitrogens with zero attached hydrogens (tertiary/aromatic N) is 3. The molecule has 2 fully saturated rings. The molecule has 0 aliphatic carbocycles. The van der Waals surface area contributed by atoms with E-state index in [0.29, 0.717) is 6.10 Å². The third-order valence-electron chi connectivity index (χ3n) is 5.37. The van der Waals surface area contributed by atoms with Gasteiger partial charge in [-0.2, -0.15) is 4.98 Å². The first-order chi connectivity index (χ1) is 12.3. The highest BCUT2D eigenvalue weighted by atomic mass is 16.5. The molecular weight excluding hydrogens is 314 g/mol. The highest BCUT2D eigenvalue weighted by molar-refractivity contribution is 5.90. The number of ether oxygens (including phenoxy) is 1. The lowest BCUT2D eigenvalue weighted by Crippen LogP contribution is -3.14. The normalized spacial score (nSPS) is 21.8. The smallest absolute Gasteiger partial charge is 0.228 e. The molecule has 0 radical (unpaired) electrons. The fourth-order valence-corrected chi connectivity index (χ4v) is 3.73. The van der Waals surface area contributed by atoms with Crippen molar-refractivity contribution in [3.63, 3.8) is 0 Å². The number of fused-ring (bicyclic) bond motifs is 1. The summed E-state index contributed by atoms with van der Waals surface area (Å²) >= 11 is 0. The number of likely N-dealkylation sites (N-methyl/N-ethyl adjacent to an activating group) is 1. The summed E-state index contributed by atoms with van der Waals surface area (Å²) in [5, 5.41) is 4.61. The van der Waals surface area contributed by atoms with E-state index in [-0.39, 0.29) is 0 Å². The van der Waals surface area contributed by atoms with Crippen molar-refractivity contribution in [2.24, 2.45) is 0 Å². The zero-order valence-corrected chi connectivity index (χ0v) is 15.0. The van der Waals surface area contributed by atoms with Crippen molar-refractivity contribution in [3.8, 4) is 0 Å². The average molecular weight is 342 g/mol. The van der Waals surface area contributed by atoms with E-state index in [2.05, 4.69) is 29.3 Å². The number of anilines is 2. The minimum Gasteiger partial charge on any atom is -0.376 e. The van der Waals surface area contributed by atoms with Gasteiger partial charge in [-0.15, -0.1) is 0 Å². The SMILES string of the molecule is CC[NH+]1CCN(c2nc(NC[C@H]3CCCO3)c3ccccc3n2)CC1. The molecule has 0 amide bonds. The summed E-state index contributed by atoms with van der Waals surface area (Å²) in [6, 6.07) is 8.26. The van der Waals surface area contributed by atoms with E-state index in [0.717, 1.165) is 74.8 Å². The van der Waals surface area contributed by atoms with Crippen molar-refractivity contribution in [1.29, 1.82) is 0 Å². The maximum Gasteiger partial charge on any atom is 0.228 e. The molecule has 0 saturated carbocycles. The average Bonchev–Trinajstić information content (AvgIpc) is 3.19. The number of quaternary nitrogens is 1. The predicted octanol–water partition coefficient (Wildman–Crippen LogP) is 0.946. The van der Waals surface area contributed by atoms with Gasteiger partial charge in [0.25, 0.3) is 0 Å². The van der Waals surface area contributed by atoms with Gasteiger partial charge in [0, 0.05) is 18.5 Å². The van der Waals surface area contributed by atoms with E-state index < -0.39 is 0 Å². The number of rotatable bonds is 5. The Balaban J connectivity index is 1.57. The first-order valence-electron chi connectivity index (χ1n) is 9.54. The van der Waals surface area contributed by atoms with Gasteiger partial charge < -0.3 is 19.9 Å². The number of hydrogen-bond acceptors (Lipinski definition) is 5. The largest absolute Gasteiger partial charge is 0.376 e. The monoisotopic (exact) mass is 342 g/mol. The lowest BCUT2D eigenvalue weighted by Gasteiger charge is -2.31. The Hall–Kier alpha value is -1.92. The number of aromatic nitrogens is 2. The van der Waals surface area contributed by atoms with E-state index in [4.69, 9.17) is 14.7 Å². The standard InChI is InChI=1S/C19H27N5O/c1-2-23-9-11-24(12-10-23)19-21-17-8-4-3-7-16(17)18(22-19)20-14-15-6-5-13-25-15/h3-4,7-8,15H,2,5-6,9-14H2,1H3,(H,20,21,22)/p+1/t15-/m1/s1. The van der Waals surface area contributed by atoms with Gasteiger partial charge in [0.05, 0.1) is 44.3 Å². The van der Waals surface area contributed by atoms with Gasteiger partial charge in [0.1, 0.15) is 5.82 Å². The van der Waals surface area contributed by atoms with Crippen LogP contribution in [-0.2, 0) is 4.74 Å². The third-order valence-corrected chi connectivity index (χ3v) is 5.37. The van der Waals surface area contributed by atoms with E-state index in [9.17, 15) is 0 Å². The maximum absolute atomic E-state index is 5.74. The van der Waals surface area contributed by atoms with Crippen LogP contribution in [0, 0.1) is 0 Å². The molecule has 0 bridgehead atoms. The van der Waals surface area contributed by atoms with Crippen molar-refractivity contribution in [3.05, 3.63) is 24.3 Å². The summed E-state index contributed by atoms with van der Waals surface area (Å²) in [4.78, 5) is 13.7. The van der Waals surface area contributed by atoms with Gasteiger partial charge in [-0.3, -0.25) is 0 Å². The molecule has 2 aliphatic heterocycles. The number of benzene rings is 1. The van der Waals surface area contributed by atoms with Crippen LogP contribution in [0.5, 0.6) is 0 Å². The van der Waals surface area contributed by atoms with E-state index >= 15 is 0 Å². The Morgan fingerprint density at radius 2 is 2.08 bits per heavy atom. The molecule has 3 heterocycles. The van der Waals surface area contributed by atoms with Crippen LogP contribution in [-0.4, -0.2) is 61.9 Å². The molecule has 1 atom stereocenters. The molecule has 2 aromatic rings. The molecule has 25 heavy (non-hydrogen) atoms. The van der Waals surface area contributed by atoms with Crippen molar-refractivity contribution in [2.75, 3.05) is 56.1 Å². The first kappa shape index (κ1) is 16.5. The quantitative estimate of drug-likeness (QED) is 0.847. The number of nitrogens with one attached hydrogen (secondary N) is 2. The summed E-state index contributed by atoms with van der Waals surface area (Å²) in [5.41, 5.74) is 1.01. The van der Waals surface area contributed by atoms with Crippen LogP contribution >= 0.6 is 0 Å². The molecule has 134 valence electrons. The van der Waals surface area contributed by atoms with Crippen LogP contribution in [0.3, 0.4) is 0 Å². The molecule has 6 heteroatoms. The first-order valence-corrected chi connectivity index (χ1v) is 9.54. The molecule has 0 spiro atoms. The molecule has 0 unspecified atom stereocenters. The highest BCUT2D eigenvalue weighted by Crippen LogP contribution is 2.24. The lowest BCUT2D eigenvalue weighted by molar-refractivity contribution is -0.898. The molecule has 2 saturated heterocycles. The minimum absolute atomic E-state index is 0.300. The predicted molar refractivity (Wildman–Crippen MR) is 100 cm³/mol. The Kier molecular flexibility index (Phi) is 4.99.